The summed E-state index contributed by atoms with van der Waals surface area (Å²) in [7, 11) is 4.66. The molecule has 0 spiro atoms. The molecule has 1 aliphatic heterocycles. The zero-order valence-corrected chi connectivity index (χ0v) is 20.7. The van der Waals surface area contributed by atoms with E-state index in [1.54, 1.807) is 33.5 Å². The Labute approximate surface area is 205 Å². The van der Waals surface area contributed by atoms with E-state index in [1.165, 1.54) is 19.3 Å². The standard InChI is InChI=1S/C27H33N3O5/c1-33-21-9-18(10-22(34-2)23(21)35-3)24-28-20-4-5-30(14-19(20)25(31)29-24)26(32)27-11-15-6-16(12-27)8-17(7-15)13-27/h9-10,15-17H,4-8,11-14H2,1-3H3,(H,28,29,31). The van der Waals surface area contributed by atoms with Crippen molar-refractivity contribution in [2.45, 2.75) is 51.5 Å². The zero-order valence-electron chi connectivity index (χ0n) is 20.7. The van der Waals surface area contributed by atoms with Crippen LogP contribution in [0.25, 0.3) is 11.4 Å². The first-order valence-electron chi connectivity index (χ1n) is 12.6. The lowest BCUT2D eigenvalue weighted by Crippen LogP contribution is -2.55. The van der Waals surface area contributed by atoms with Crippen molar-refractivity contribution in [3.8, 4) is 28.6 Å². The van der Waals surface area contributed by atoms with Gasteiger partial charge in [-0.3, -0.25) is 9.59 Å². The van der Waals surface area contributed by atoms with Gasteiger partial charge >= 0.3 is 0 Å². The van der Waals surface area contributed by atoms with E-state index in [1.807, 2.05) is 4.90 Å². The van der Waals surface area contributed by atoms with E-state index < -0.39 is 0 Å². The highest BCUT2D eigenvalue weighted by Crippen LogP contribution is 2.60. The third-order valence-corrected chi connectivity index (χ3v) is 8.79. The number of carbonyl (C=O) groups excluding carboxylic acids is 1. The Balaban J connectivity index is 1.28. The molecular weight excluding hydrogens is 446 g/mol. The SMILES string of the molecule is COc1cc(-c2nc3c(c(=O)[nH]2)CN(C(=O)C24CC5CC(CC(C5)C2)C4)CC3)cc(OC)c1OC. The van der Waals surface area contributed by atoms with Crippen LogP contribution in [0, 0.1) is 23.2 Å². The summed E-state index contributed by atoms with van der Waals surface area (Å²) in [6.45, 7) is 0.951. The third kappa shape index (κ3) is 3.60. The number of ether oxygens (including phenoxy) is 3. The second kappa shape index (κ2) is 8.28. The first-order valence-corrected chi connectivity index (χ1v) is 12.6. The van der Waals surface area contributed by atoms with Crippen LogP contribution in [0.15, 0.2) is 16.9 Å². The number of hydrogen-bond donors (Lipinski definition) is 1. The zero-order chi connectivity index (χ0) is 24.3. The summed E-state index contributed by atoms with van der Waals surface area (Å²) < 4.78 is 16.3. The number of H-pyrrole nitrogens is 1. The van der Waals surface area contributed by atoms with Gasteiger partial charge in [0.2, 0.25) is 11.7 Å². The fourth-order valence-electron chi connectivity index (χ4n) is 7.66. The van der Waals surface area contributed by atoms with Crippen molar-refractivity contribution >= 4 is 5.91 Å². The summed E-state index contributed by atoms with van der Waals surface area (Å²) >= 11 is 0. The Morgan fingerprint density at radius 2 is 1.60 bits per heavy atom. The Morgan fingerprint density at radius 1 is 1.00 bits per heavy atom. The van der Waals surface area contributed by atoms with E-state index in [0.29, 0.717) is 71.5 Å². The number of methoxy groups -OCH3 is 3. The van der Waals surface area contributed by atoms with Gasteiger partial charge in [-0.05, 0) is 68.4 Å². The van der Waals surface area contributed by atoms with Gasteiger partial charge in [0.15, 0.2) is 11.5 Å². The molecule has 2 aromatic rings. The third-order valence-electron chi connectivity index (χ3n) is 8.79. The second-order valence-electron chi connectivity index (χ2n) is 10.9. The minimum absolute atomic E-state index is 0.192. The van der Waals surface area contributed by atoms with Crippen molar-refractivity contribution in [1.82, 2.24) is 14.9 Å². The highest BCUT2D eigenvalue weighted by molar-refractivity contribution is 5.83. The summed E-state index contributed by atoms with van der Waals surface area (Å²) in [5.41, 5.74) is 1.65. The first kappa shape index (κ1) is 22.4. The number of amides is 1. The molecule has 4 aliphatic carbocycles. The predicted octanol–water partition coefficient (Wildman–Crippen LogP) is 3.56. The van der Waals surface area contributed by atoms with Crippen LogP contribution >= 0.6 is 0 Å². The molecule has 0 saturated heterocycles. The largest absolute Gasteiger partial charge is 0.493 e. The van der Waals surface area contributed by atoms with E-state index in [9.17, 15) is 9.59 Å². The maximum Gasteiger partial charge on any atom is 0.256 e. The van der Waals surface area contributed by atoms with Gasteiger partial charge < -0.3 is 24.1 Å². The van der Waals surface area contributed by atoms with Crippen LogP contribution in [0.3, 0.4) is 0 Å². The molecule has 1 N–H and O–H groups in total. The fourth-order valence-corrected chi connectivity index (χ4v) is 7.66. The molecule has 8 heteroatoms. The summed E-state index contributed by atoms with van der Waals surface area (Å²) in [6.07, 6.45) is 7.62. The first-order chi connectivity index (χ1) is 16.9. The van der Waals surface area contributed by atoms with Crippen LogP contribution in [-0.4, -0.2) is 48.6 Å². The lowest BCUT2D eigenvalue weighted by Gasteiger charge is -2.56. The molecule has 7 rings (SSSR count). The van der Waals surface area contributed by atoms with Gasteiger partial charge in [0, 0.05) is 18.5 Å². The van der Waals surface area contributed by atoms with Gasteiger partial charge in [-0.25, -0.2) is 4.98 Å². The monoisotopic (exact) mass is 479 g/mol. The highest BCUT2D eigenvalue weighted by atomic mass is 16.5. The summed E-state index contributed by atoms with van der Waals surface area (Å²) in [4.78, 5) is 36.7. The molecule has 4 saturated carbocycles. The molecule has 4 fully saturated rings. The van der Waals surface area contributed by atoms with Crippen LogP contribution in [-0.2, 0) is 17.8 Å². The van der Waals surface area contributed by atoms with Crippen LogP contribution in [0.5, 0.6) is 17.2 Å². The van der Waals surface area contributed by atoms with Crippen molar-refractivity contribution in [2.24, 2.45) is 23.2 Å². The van der Waals surface area contributed by atoms with Crippen molar-refractivity contribution in [3.63, 3.8) is 0 Å². The molecule has 2 heterocycles. The molecule has 0 radical (unpaired) electrons. The van der Waals surface area contributed by atoms with Gasteiger partial charge in [0.1, 0.15) is 5.82 Å². The quantitative estimate of drug-likeness (QED) is 0.705. The molecule has 1 aromatic heterocycles. The van der Waals surface area contributed by atoms with Crippen LogP contribution in [0.4, 0.5) is 0 Å². The fraction of sp³-hybridized carbons (Fsp3) is 0.593. The normalized spacial score (nSPS) is 28.5. The number of nitrogens with zero attached hydrogens (tertiary/aromatic N) is 2. The number of rotatable bonds is 5. The number of fused-ring (bicyclic) bond motifs is 1. The number of carbonyl (C=O) groups is 1. The number of nitrogens with one attached hydrogen (secondary N) is 1. The van der Waals surface area contributed by atoms with E-state index in [-0.39, 0.29) is 16.9 Å². The molecule has 0 atom stereocenters. The number of benzene rings is 1. The minimum atomic E-state index is -0.193. The van der Waals surface area contributed by atoms with Gasteiger partial charge in [0.05, 0.1) is 44.5 Å². The molecule has 5 aliphatic rings. The molecule has 8 nitrogen and oxygen atoms in total. The number of aromatic amines is 1. The van der Waals surface area contributed by atoms with Gasteiger partial charge in [-0.15, -0.1) is 0 Å². The maximum absolute atomic E-state index is 13.8. The summed E-state index contributed by atoms with van der Waals surface area (Å²) in [5, 5.41) is 0. The summed E-state index contributed by atoms with van der Waals surface area (Å²) in [6, 6.07) is 3.55. The number of hydrogen-bond acceptors (Lipinski definition) is 6. The lowest BCUT2D eigenvalue weighted by atomic mass is 9.49. The molecule has 1 aromatic carbocycles. The van der Waals surface area contributed by atoms with Crippen LogP contribution < -0.4 is 19.8 Å². The Kier molecular flexibility index (Phi) is 5.31. The van der Waals surface area contributed by atoms with Crippen molar-refractivity contribution in [1.29, 1.82) is 0 Å². The molecular formula is C27H33N3O5. The van der Waals surface area contributed by atoms with Crippen molar-refractivity contribution < 1.29 is 19.0 Å². The van der Waals surface area contributed by atoms with E-state index in [0.717, 1.165) is 25.0 Å². The van der Waals surface area contributed by atoms with E-state index >= 15 is 0 Å². The van der Waals surface area contributed by atoms with Gasteiger partial charge in [-0.1, -0.05) is 0 Å². The molecule has 186 valence electrons. The predicted molar refractivity (Wildman–Crippen MR) is 130 cm³/mol. The van der Waals surface area contributed by atoms with Crippen molar-refractivity contribution in [2.75, 3.05) is 27.9 Å². The van der Waals surface area contributed by atoms with Crippen LogP contribution in [0.1, 0.15) is 49.8 Å². The van der Waals surface area contributed by atoms with Gasteiger partial charge in [-0.2, -0.15) is 0 Å². The average Bonchev–Trinajstić information content (AvgIpc) is 2.86. The Bertz CT molecular complexity index is 1180. The number of aromatic nitrogens is 2. The lowest BCUT2D eigenvalue weighted by molar-refractivity contribution is -0.158. The van der Waals surface area contributed by atoms with E-state index in [4.69, 9.17) is 19.2 Å². The molecule has 4 bridgehead atoms. The van der Waals surface area contributed by atoms with Crippen molar-refractivity contribution in [3.05, 3.63) is 33.7 Å². The Hall–Kier alpha value is -3.03. The van der Waals surface area contributed by atoms with Gasteiger partial charge in [0.25, 0.3) is 5.56 Å². The average molecular weight is 480 g/mol. The topological polar surface area (TPSA) is 93.8 Å². The second-order valence-corrected chi connectivity index (χ2v) is 10.9. The molecule has 1 amide bonds. The van der Waals surface area contributed by atoms with E-state index in [2.05, 4.69) is 4.98 Å². The molecule has 0 unspecified atom stereocenters. The van der Waals surface area contributed by atoms with Crippen LogP contribution in [0.2, 0.25) is 0 Å². The smallest absolute Gasteiger partial charge is 0.256 e. The maximum atomic E-state index is 13.8. The highest BCUT2D eigenvalue weighted by Gasteiger charge is 2.55. The molecule has 35 heavy (non-hydrogen) atoms. The Morgan fingerprint density at radius 3 is 2.14 bits per heavy atom. The minimum Gasteiger partial charge on any atom is -0.493 e. The summed E-state index contributed by atoms with van der Waals surface area (Å²) in [5.74, 6) is 4.35.